The fraction of sp³-hybridized carbons (Fsp3) is 0.647. The number of rotatable bonds is 11. The van der Waals surface area contributed by atoms with Gasteiger partial charge < -0.3 is 14.6 Å². The number of benzene rings is 1. The molecule has 1 unspecified atom stereocenters. The summed E-state index contributed by atoms with van der Waals surface area (Å²) in [5.41, 5.74) is 0.874. The maximum atomic E-state index is 10.0. The lowest BCUT2D eigenvalue weighted by atomic mass is 10.1. The molecular weight excluding hydrogens is 252 g/mol. The monoisotopic (exact) mass is 280 g/mol. The van der Waals surface area contributed by atoms with E-state index in [4.69, 9.17) is 9.47 Å². The van der Waals surface area contributed by atoms with E-state index in [1.165, 1.54) is 25.7 Å². The van der Waals surface area contributed by atoms with Crippen LogP contribution in [-0.4, -0.2) is 24.9 Å². The molecule has 0 aliphatic rings. The summed E-state index contributed by atoms with van der Waals surface area (Å²) in [5, 5.41) is 10.0. The van der Waals surface area contributed by atoms with E-state index in [-0.39, 0.29) is 0 Å². The minimum absolute atomic E-state index is 0.363. The number of ether oxygens (including phenoxy) is 2. The molecule has 0 radical (unpaired) electrons. The Hall–Kier alpha value is -1.06. The first-order chi connectivity index (χ1) is 9.77. The molecule has 20 heavy (non-hydrogen) atoms. The van der Waals surface area contributed by atoms with Crippen LogP contribution in [0, 0.1) is 0 Å². The second kappa shape index (κ2) is 10.7. The van der Waals surface area contributed by atoms with Gasteiger partial charge in [0, 0.05) is 6.61 Å². The lowest BCUT2D eigenvalue weighted by Crippen LogP contribution is -2.08. The molecule has 0 aliphatic carbocycles. The Morgan fingerprint density at radius 1 is 1.00 bits per heavy atom. The normalized spacial score (nSPS) is 12.3. The van der Waals surface area contributed by atoms with Crippen LogP contribution in [0.3, 0.4) is 0 Å². The van der Waals surface area contributed by atoms with Gasteiger partial charge in [-0.1, -0.05) is 44.7 Å². The van der Waals surface area contributed by atoms with E-state index in [9.17, 15) is 5.11 Å². The van der Waals surface area contributed by atoms with Gasteiger partial charge in [0.15, 0.2) is 0 Å². The lowest BCUT2D eigenvalue weighted by Gasteiger charge is -2.12. The average molecular weight is 280 g/mol. The Bertz CT molecular complexity index is 335. The number of hydrogen-bond donors (Lipinski definition) is 1. The highest BCUT2D eigenvalue weighted by molar-refractivity contribution is 5.28. The zero-order valence-electron chi connectivity index (χ0n) is 12.8. The zero-order valence-corrected chi connectivity index (χ0v) is 12.8. The van der Waals surface area contributed by atoms with Gasteiger partial charge in [0.1, 0.15) is 11.9 Å². The molecule has 0 aliphatic heterocycles. The highest BCUT2D eigenvalue weighted by Crippen LogP contribution is 2.18. The van der Waals surface area contributed by atoms with E-state index >= 15 is 0 Å². The van der Waals surface area contributed by atoms with Gasteiger partial charge in [-0.05, 0) is 31.0 Å². The van der Waals surface area contributed by atoms with Crippen molar-refractivity contribution in [1.82, 2.24) is 0 Å². The van der Waals surface area contributed by atoms with Gasteiger partial charge in [-0.2, -0.15) is 0 Å². The molecule has 0 spiro atoms. The van der Waals surface area contributed by atoms with Crippen LogP contribution in [0.15, 0.2) is 24.3 Å². The van der Waals surface area contributed by atoms with Crippen LogP contribution in [0.5, 0.6) is 5.75 Å². The van der Waals surface area contributed by atoms with Crippen LogP contribution in [-0.2, 0) is 4.74 Å². The molecule has 1 atom stereocenters. The zero-order chi connectivity index (χ0) is 14.6. The van der Waals surface area contributed by atoms with Crippen molar-refractivity contribution in [2.45, 2.75) is 52.1 Å². The molecule has 0 fully saturated rings. The van der Waals surface area contributed by atoms with Crippen molar-refractivity contribution in [2.24, 2.45) is 0 Å². The number of aliphatic hydroxyl groups excluding tert-OH is 1. The minimum Gasteiger partial charge on any atom is -0.494 e. The van der Waals surface area contributed by atoms with Crippen LogP contribution < -0.4 is 4.74 Å². The summed E-state index contributed by atoms with van der Waals surface area (Å²) < 4.78 is 10.9. The fourth-order valence-electron chi connectivity index (χ4n) is 2.05. The van der Waals surface area contributed by atoms with E-state index in [2.05, 4.69) is 6.92 Å². The van der Waals surface area contributed by atoms with Gasteiger partial charge >= 0.3 is 0 Å². The van der Waals surface area contributed by atoms with Crippen molar-refractivity contribution >= 4 is 0 Å². The van der Waals surface area contributed by atoms with E-state index in [1.807, 2.05) is 31.2 Å². The van der Waals surface area contributed by atoms with Crippen LogP contribution in [0.1, 0.15) is 57.6 Å². The molecule has 0 bridgehead atoms. The Kier molecular flexibility index (Phi) is 9.09. The van der Waals surface area contributed by atoms with Gasteiger partial charge in [-0.15, -0.1) is 0 Å². The number of hydrogen-bond acceptors (Lipinski definition) is 3. The molecule has 1 rings (SSSR count). The van der Waals surface area contributed by atoms with Gasteiger partial charge in [0.2, 0.25) is 0 Å². The van der Waals surface area contributed by atoms with E-state index in [0.717, 1.165) is 24.3 Å². The molecule has 0 saturated carbocycles. The first kappa shape index (κ1) is 17.0. The second-order valence-electron chi connectivity index (χ2n) is 5.01. The molecule has 0 aromatic heterocycles. The summed E-state index contributed by atoms with van der Waals surface area (Å²) in [7, 11) is 0. The third-order valence-corrected chi connectivity index (χ3v) is 3.24. The summed E-state index contributed by atoms with van der Waals surface area (Å²) in [6.45, 7) is 5.92. The summed E-state index contributed by atoms with van der Waals surface area (Å²) in [6.07, 6.45) is 5.58. The maximum absolute atomic E-state index is 10.0. The molecular formula is C17H28O3. The van der Waals surface area contributed by atoms with Crippen molar-refractivity contribution in [1.29, 1.82) is 0 Å². The molecule has 3 heteroatoms. The highest BCUT2D eigenvalue weighted by Gasteiger charge is 2.07. The summed E-state index contributed by atoms with van der Waals surface area (Å²) in [5.74, 6) is 0.834. The molecule has 114 valence electrons. The van der Waals surface area contributed by atoms with Crippen LogP contribution in [0.4, 0.5) is 0 Å². The predicted molar refractivity (Wildman–Crippen MR) is 82.1 cm³/mol. The van der Waals surface area contributed by atoms with Crippen molar-refractivity contribution in [3.63, 3.8) is 0 Å². The highest BCUT2D eigenvalue weighted by atomic mass is 16.5. The Morgan fingerprint density at radius 2 is 1.70 bits per heavy atom. The molecule has 1 aromatic rings. The smallest absolute Gasteiger partial charge is 0.119 e. The molecule has 3 nitrogen and oxygen atoms in total. The van der Waals surface area contributed by atoms with Gasteiger partial charge in [-0.3, -0.25) is 0 Å². The van der Waals surface area contributed by atoms with Crippen LogP contribution in [0.25, 0.3) is 0 Å². The largest absolute Gasteiger partial charge is 0.494 e. The molecule has 0 heterocycles. The van der Waals surface area contributed by atoms with Crippen LogP contribution in [0.2, 0.25) is 0 Å². The van der Waals surface area contributed by atoms with E-state index in [0.29, 0.717) is 13.2 Å². The minimum atomic E-state index is -0.554. The van der Waals surface area contributed by atoms with E-state index < -0.39 is 6.10 Å². The third kappa shape index (κ3) is 6.92. The predicted octanol–water partition coefficient (Wildman–Crippen LogP) is 4.11. The molecule has 0 amide bonds. The second-order valence-corrected chi connectivity index (χ2v) is 5.01. The van der Waals surface area contributed by atoms with Crippen molar-refractivity contribution in [3.05, 3.63) is 29.8 Å². The maximum Gasteiger partial charge on any atom is 0.119 e. The van der Waals surface area contributed by atoms with Crippen molar-refractivity contribution in [3.8, 4) is 5.75 Å². The summed E-state index contributed by atoms with van der Waals surface area (Å²) in [6, 6.07) is 7.54. The molecule has 1 aromatic carbocycles. The first-order valence-corrected chi connectivity index (χ1v) is 7.76. The first-order valence-electron chi connectivity index (χ1n) is 7.76. The Labute approximate surface area is 122 Å². The van der Waals surface area contributed by atoms with Gasteiger partial charge in [0.25, 0.3) is 0 Å². The quantitative estimate of drug-likeness (QED) is 0.620. The number of unbranched alkanes of at least 4 members (excludes halogenated alkanes) is 4. The summed E-state index contributed by atoms with van der Waals surface area (Å²) in [4.78, 5) is 0. The molecule has 0 saturated heterocycles. The standard InChI is InChI=1S/C17H28O3/c1-3-5-6-7-8-13-19-14-17(18)15-9-11-16(12-10-15)20-4-2/h9-12,17-18H,3-8,13-14H2,1-2H3. The van der Waals surface area contributed by atoms with Gasteiger partial charge in [0.05, 0.1) is 13.2 Å². The summed E-state index contributed by atoms with van der Waals surface area (Å²) >= 11 is 0. The topological polar surface area (TPSA) is 38.7 Å². The third-order valence-electron chi connectivity index (χ3n) is 3.24. The Balaban J connectivity index is 2.17. The SMILES string of the molecule is CCCCCCCOCC(O)c1ccc(OCC)cc1. The lowest BCUT2D eigenvalue weighted by molar-refractivity contribution is 0.0344. The number of aliphatic hydroxyl groups is 1. The van der Waals surface area contributed by atoms with E-state index in [1.54, 1.807) is 0 Å². The van der Waals surface area contributed by atoms with Crippen LogP contribution >= 0.6 is 0 Å². The van der Waals surface area contributed by atoms with Gasteiger partial charge in [-0.25, -0.2) is 0 Å². The fourth-order valence-corrected chi connectivity index (χ4v) is 2.05. The average Bonchev–Trinajstić information content (AvgIpc) is 2.47. The van der Waals surface area contributed by atoms with Crippen molar-refractivity contribution < 1.29 is 14.6 Å². The van der Waals surface area contributed by atoms with Crippen molar-refractivity contribution in [2.75, 3.05) is 19.8 Å². The Morgan fingerprint density at radius 3 is 2.35 bits per heavy atom. The molecule has 1 N–H and O–H groups in total.